The van der Waals surface area contributed by atoms with Crippen molar-refractivity contribution in [2.75, 3.05) is 32.7 Å². The number of halogens is 2. The van der Waals surface area contributed by atoms with Crippen molar-refractivity contribution in [1.82, 2.24) is 9.80 Å². The first-order chi connectivity index (χ1) is 9.90. The molecular weight excluding hydrogens is 378 g/mol. The first-order valence-electron chi connectivity index (χ1n) is 8.69. The lowest BCUT2D eigenvalue weighted by atomic mass is 9.63. The van der Waals surface area contributed by atoms with Crippen LogP contribution in [0.25, 0.3) is 0 Å². The third-order valence-corrected chi connectivity index (χ3v) is 7.04. The van der Waals surface area contributed by atoms with E-state index in [1.807, 2.05) is 0 Å². The SMILES string of the molecule is CC(C)N1CCC(F)(CN2CCC3(CC2)CC(I)C3)CC1. The summed E-state index contributed by atoms with van der Waals surface area (Å²) in [5, 5.41) is 0. The summed E-state index contributed by atoms with van der Waals surface area (Å²) >= 11 is 2.59. The van der Waals surface area contributed by atoms with E-state index in [9.17, 15) is 0 Å². The third kappa shape index (κ3) is 3.74. The fraction of sp³-hybridized carbons (Fsp3) is 1.00. The molecule has 21 heavy (non-hydrogen) atoms. The van der Waals surface area contributed by atoms with E-state index in [-0.39, 0.29) is 0 Å². The Kier molecular flexibility index (Phi) is 4.88. The number of nitrogens with zero attached hydrogens (tertiary/aromatic N) is 2. The molecular formula is C17H30FIN2. The standard InChI is InChI=1S/C17H30FIN2/c1-14(2)21-9-5-17(18,6-10-21)13-20-7-3-16(4-8-20)11-15(19)12-16/h14-15H,3-13H2,1-2H3. The highest BCUT2D eigenvalue weighted by molar-refractivity contribution is 14.1. The molecule has 2 aliphatic heterocycles. The average Bonchev–Trinajstić information content (AvgIpc) is 2.40. The summed E-state index contributed by atoms with van der Waals surface area (Å²) in [6, 6.07) is 0.559. The highest BCUT2D eigenvalue weighted by Gasteiger charge is 2.46. The molecule has 3 rings (SSSR count). The van der Waals surface area contributed by atoms with Gasteiger partial charge in [0.15, 0.2) is 0 Å². The molecule has 3 aliphatic rings. The smallest absolute Gasteiger partial charge is 0.126 e. The van der Waals surface area contributed by atoms with Gasteiger partial charge in [0.25, 0.3) is 0 Å². The lowest BCUT2D eigenvalue weighted by molar-refractivity contribution is -0.0162. The zero-order chi connectivity index (χ0) is 15.1. The van der Waals surface area contributed by atoms with Gasteiger partial charge >= 0.3 is 0 Å². The first kappa shape index (κ1) is 16.4. The van der Waals surface area contributed by atoms with Crippen LogP contribution in [0.1, 0.15) is 52.4 Å². The quantitative estimate of drug-likeness (QED) is 0.517. The highest BCUT2D eigenvalue weighted by atomic mass is 127. The van der Waals surface area contributed by atoms with Gasteiger partial charge in [0.2, 0.25) is 0 Å². The molecule has 0 bridgehead atoms. The van der Waals surface area contributed by atoms with E-state index >= 15 is 4.39 Å². The Morgan fingerprint density at radius 3 is 2.10 bits per heavy atom. The molecule has 4 heteroatoms. The van der Waals surface area contributed by atoms with E-state index < -0.39 is 5.67 Å². The molecule has 1 saturated carbocycles. The number of hydrogen-bond donors (Lipinski definition) is 0. The minimum absolute atomic E-state index is 0.559. The molecule has 122 valence electrons. The number of likely N-dealkylation sites (tertiary alicyclic amines) is 2. The number of hydrogen-bond acceptors (Lipinski definition) is 2. The van der Waals surface area contributed by atoms with Gasteiger partial charge < -0.3 is 9.80 Å². The second-order valence-electron chi connectivity index (χ2n) is 8.06. The van der Waals surface area contributed by atoms with Crippen molar-refractivity contribution in [3.8, 4) is 0 Å². The topological polar surface area (TPSA) is 6.48 Å². The molecule has 1 aliphatic carbocycles. The molecule has 1 spiro atoms. The monoisotopic (exact) mass is 408 g/mol. The van der Waals surface area contributed by atoms with Crippen LogP contribution in [0.3, 0.4) is 0 Å². The van der Waals surface area contributed by atoms with Crippen LogP contribution in [0.4, 0.5) is 4.39 Å². The van der Waals surface area contributed by atoms with Crippen LogP contribution in [-0.2, 0) is 0 Å². The Hall–Kier alpha value is 0.580. The molecule has 2 heterocycles. The van der Waals surface area contributed by atoms with Gasteiger partial charge in [0, 0.05) is 29.6 Å². The van der Waals surface area contributed by atoms with E-state index in [1.165, 1.54) is 25.7 Å². The molecule has 0 aromatic carbocycles. The summed E-state index contributed by atoms with van der Waals surface area (Å²) in [5.74, 6) is 0. The molecule has 0 atom stereocenters. The van der Waals surface area contributed by atoms with Gasteiger partial charge in [-0.3, -0.25) is 0 Å². The molecule has 0 amide bonds. The van der Waals surface area contributed by atoms with Crippen LogP contribution < -0.4 is 0 Å². The molecule has 0 aromatic rings. The minimum Gasteiger partial charge on any atom is -0.301 e. The van der Waals surface area contributed by atoms with Gasteiger partial charge in [0.05, 0.1) is 0 Å². The zero-order valence-electron chi connectivity index (χ0n) is 13.6. The van der Waals surface area contributed by atoms with Crippen LogP contribution in [-0.4, -0.2) is 58.2 Å². The van der Waals surface area contributed by atoms with Gasteiger partial charge in [-0.05, 0) is 70.9 Å². The van der Waals surface area contributed by atoms with E-state index in [0.29, 0.717) is 18.0 Å². The normalized spacial score (nSPS) is 30.7. The van der Waals surface area contributed by atoms with Gasteiger partial charge in [-0.25, -0.2) is 4.39 Å². The fourth-order valence-electron chi connectivity index (χ4n) is 4.47. The van der Waals surface area contributed by atoms with E-state index in [0.717, 1.165) is 42.9 Å². The second-order valence-corrected chi connectivity index (χ2v) is 9.82. The number of alkyl halides is 2. The predicted molar refractivity (Wildman–Crippen MR) is 94.9 cm³/mol. The van der Waals surface area contributed by atoms with E-state index in [2.05, 4.69) is 46.2 Å². The highest BCUT2D eigenvalue weighted by Crippen LogP contribution is 2.52. The maximum absolute atomic E-state index is 15.1. The van der Waals surface area contributed by atoms with Gasteiger partial charge in [-0.15, -0.1) is 0 Å². The van der Waals surface area contributed by atoms with Crippen molar-refractivity contribution in [2.45, 2.75) is 68.0 Å². The summed E-state index contributed by atoms with van der Waals surface area (Å²) in [7, 11) is 0. The molecule has 0 aromatic heterocycles. The van der Waals surface area contributed by atoms with Crippen molar-refractivity contribution >= 4 is 22.6 Å². The van der Waals surface area contributed by atoms with Crippen molar-refractivity contribution in [2.24, 2.45) is 5.41 Å². The molecule has 0 unspecified atom stereocenters. The lowest BCUT2D eigenvalue weighted by Gasteiger charge is -2.51. The van der Waals surface area contributed by atoms with Crippen LogP contribution in [0, 0.1) is 5.41 Å². The molecule has 2 nitrogen and oxygen atoms in total. The van der Waals surface area contributed by atoms with Crippen LogP contribution in [0.5, 0.6) is 0 Å². The second kappa shape index (κ2) is 6.23. The fourth-order valence-corrected chi connectivity index (χ4v) is 6.34. The predicted octanol–water partition coefficient (Wildman–Crippen LogP) is 3.88. The molecule has 2 saturated heterocycles. The van der Waals surface area contributed by atoms with Gasteiger partial charge in [-0.1, -0.05) is 22.6 Å². The van der Waals surface area contributed by atoms with Crippen LogP contribution in [0.2, 0.25) is 0 Å². The van der Waals surface area contributed by atoms with Crippen molar-refractivity contribution in [3.05, 3.63) is 0 Å². The molecule has 0 N–H and O–H groups in total. The van der Waals surface area contributed by atoms with Crippen molar-refractivity contribution < 1.29 is 4.39 Å². The van der Waals surface area contributed by atoms with Crippen molar-refractivity contribution in [3.63, 3.8) is 0 Å². The Labute approximate surface area is 143 Å². The Bertz CT molecular complexity index is 350. The maximum Gasteiger partial charge on any atom is 0.126 e. The summed E-state index contributed by atoms with van der Waals surface area (Å²) in [5.41, 5.74) is -0.284. The number of piperidine rings is 2. The summed E-state index contributed by atoms with van der Waals surface area (Å²) in [6.45, 7) is 9.24. The average molecular weight is 408 g/mol. The van der Waals surface area contributed by atoms with Crippen molar-refractivity contribution in [1.29, 1.82) is 0 Å². The van der Waals surface area contributed by atoms with Crippen LogP contribution in [0.15, 0.2) is 0 Å². The van der Waals surface area contributed by atoms with Gasteiger partial charge in [0.1, 0.15) is 5.67 Å². The molecule has 3 fully saturated rings. The van der Waals surface area contributed by atoms with Gasteiger partial charge in [-0.2, -0.15) is 0 Å². The Morgan fingerprint density at radius 1 is 1.05 bits per heavy atom. The van der Waals surface area contributed by atoms with E-state index in [4.69, 9.17) is 0 Å². The van der Waals surface area contributed by atoms with Crippen LogP contribution >= 0.6 is 22.6 Å². The largest absolute Gasteiger partial charge is 0.301 e. The first-order valence-corrected chi connectivity index (χ1v) is 9.94. The summed E-state index contributed by atoms with van der Waals surface area (Å²) in [6.07, 6.45) is 6.88. The molecule has 0 radical (unpaired) electrons. The zero-order valence-corrected chi connectivity index (χ0v) is 15.7. The maximum atomic E-state index is 15.1. The third-order valence-electron chi connectivity index (χ3n) is 6.16. The van der Waals surface area contributed by atoms with E-state index in [1.54, 1.807) is 0 Å². The summed E-state index contributed by atoms with van der Waals surface area (Å²) in [4.78, 5) is 4.83. The minimum atomic E-state index is -0.929. The Morgan fingerprint density at radius 2 is 1.62 bits per heavy atom. The number of rotatable bonds is 3. The lowest BCUT2D eigenvalue weighted by Crippen LogP contribution is -2.53. The Balaban J connectivity index is 1.45. The summed E-state index contributed by atoms with van der Waals surface area (Å²) < 4.78 is 16.0.